The zero-order valence-corrected chi connectivity index (χ0v) is 10.6. The van der Waals surface area contributed by atoms with Gasteiger partial charge in [0.2, 0.25) is 0 Å². The number of nitrogens with zero attached hydrogens (tertiary/aromatic N) is 1. The average molecular weight is 265 g/mol. The fraction of sp³-hybridized carbons (Fsp3) is 0.250. The van der Waals surface area contributed by atoms with Gasteiger partial charge >= 0.3 is 0 Å². The lowest BCUT2D eigenvalue weighted by molar-refractivity contribution is 1.19. The Kier molecular flexibility index (Phi) is 2.43. The Labute approximate surface area is 97.6 Å². The molecule has 2 rings (SSSR count). The SMILES string of the molecule is Cc1nc2c(C)c(Br)ccc2c(N)c1C. The summed E-state index contributed by atoms with van der Waals surface area (Å²) < 4.78 is 1.07. The monoisotopic (exact) mass is 264 g/mol. The number of aromatic nitrogens is 1. The molecule has 0 saturated heterocycles. The van der Waals surface area contributed by atoms with Crippen LogP contribution in [0.3, 0.4) is 0 Å². The fourth-order valence-corrected chi connectivity index (χ4v) is 2.01. The highest BCUT2D eigenvalue weighted by molar-refractivity contribution is 9.10. The molecule has 0 aliphatic carbocycles. The van der Waals surface area contributed by atoms with Gasteiger partial charge in [0.1, 0.15) is 0 Å². The number of benzene rings is 1. The van der Waals surface area contributed by atoms with Crippen molar-refractivity contribution in [3.05, 3.63) is 33.4 Å². The molecule has 0 fully saturated rings. The molecule has 0 atom stereocenters. The summed E-state index contributed by atoms with van der Waals surface area (Å²) >= 11 is 3.50. The number of fused-ring (bicyclic) bond motifs is 1. The second-order valence-electron chi connectivity index (χ2n) is 3.80. The quantitative estimate of drug-likeness (QED) is 0.791. The molecule has 2 aromatic rings. The summed E-state index contributed by atoms with van der Waals surface area (Å²) in [4.78, 5) is 4.59. The number of nitrogen functional groups attached to an aromatic ring is 1. The van der Waals surface area contributed by atoms with Crippen LogP contribution in [0.15, 0.2) is 16.6 Å². The summed E-state index contributed by atoms with van der Waals surface area (Å²) in [6, 6.07) is 4.03. The van der Waals surface area contributed by atoms with Crippen LogP contribution >= 0.6 is 15.9 Å². The maximum Gasteiger partial charge on any atom is 0.0766 e. The Hall–Kier alpha value is -1.09. The second-order valence-corrected chi connectivity index (χ2v) is 4.66. The third-order valence-corrected chi connectivity index (χ3v) is 3.74. The van der Waals surface area contributed by atoms with Gasteiger partial charge in [-0.3, -0.25) is 4.98 Å². The molecule has 1 aromatic heterocycles. The molecule has 2 nitrogen and oxygen atoms in total. The molecule has 15 heavy (non-hydrogen) atoms. The van der Waals surface area contributed by atoms with Gasteiger partial charge in [-0.1, -0.05) is 15.9 Å². The van der Waals surface area contributed by atoms with Gasteiger partial charge in [0, 0.05) is 21.2 Å². The van der Waals surface area contributed by atoms with Gasteiger partial charge < -0.3 is 5.73 Å². The summed E-state index contributed by atoms with van der Waals surface area (Å²) in [5.74, 6) is 0. The molecular formula is C12H13BrN2. The van der Waals surface area contributed by atoms with E-state index in [1.807, 2.05) is 32.9 Å². The van der Waals surface area contributed by atoms with E-state index in [-0.39, 0.29) is 0 Å². The summed E-state index contributed by atoms with van der Waals surface area (Å²) in [7, 11) is 0. The number of anilines is 1. The Morgan fingerprint density at radius 3 is 2.47 bits per heavy atom. The van der Waals surface area contributed by atoms with Crippen LogP contribution < -0.4 is 5.73 Å². The van der Waals surface area contributed by atoms with E-state index in [9.17, 15) is 0 Å². The van der Waals surface area contributed by atoms with Gasteiger partial charge in [-0.2, -0.15) is 0 Å². The zero-order valence-electron chi connectivity index (χ0n) is 9.06. The average Bonchev–Trinajstić information content (AvgIpc) is 2.21. The molecule has 2 N–H and O–H groups in total. The van der Waals surface area contributed by atoms with Gasteiger partial charge in [0.15, 0.2) is 0 Å². The third-order valence-electron chi connectivity index (χ3n) is 2.88. The van der Waals surface area contributed by atoms with Gasteiger partial charge in [-0.25, -0.2) is 0 Å². The van der Waals surface area contributed by atoms with Crippen molar-refractivity contribution in [2.75, 3.05) is 5.73 Å². The van der Waals surface area contributed by atoms with E-state index in [4.69, 9.17) is 5.73 Å². The number of hydrogen-bond acceptors (Lipinski definition) is 2. The van der Waals surface area contributed by atoms with Crippen molar-refractivity contribution in [2.45, 2.75) is 20.8 Å². The summed E-state index contributed by atoms with van der Waals surface area (Å²) in [6.07, 6.45) is 0. The molecular weight excluding hydrogens is 252 g/mol. The smallest absolute Gasteiger partial charge is 0.0766 e. The van der Waals surface area contributed by atoms with E-state index >= 15 is 0 Å². The van der Waals surface area contributed by atoms with Crippen molar-refractivity contribution >= 4 is 32.5 Å². The minimum Gasteiger partial charge on any atom is -0.398 e. The van der Waals surface area contributed by atoms with E-state index in [0.29, 0.717) is 0 Å². The number of aryl methyl sites for hydroxylation is 2. The molecule has 0 saturated carbocycles. The van der Waals surface area contributed by atoms with E-state index < -0.39 is 0 Å². The van der Waals surface area contributed by atoms with E-state index in [2.05, 4.69) is 20.9 Å². The topological polar surface area (TPSA) is 38.9 Å². The first-order valence-electron chi connectivity index (χ1n) is 4.84. The van der Waals surface area contributed by atoms with Gasteiger partial charge in [-0.05, 0) is 44.0 Å². The Morgan fingerprint density at radius 1 is 1.13 bits per heavy atom. The van der Waals surface area contributed by atoms with Crippen LogP contribution in [0.2, 0.25) is 0 Å². The van der Waals surface area contributed by atoms with Crippen LogP contribution in [0, 0.1) is 20.8 Å². The second kappa shape index (κ2) is 3.49. The molecule has 78 valence electrons. The van der Waals surface area contributed by atoms with Crippen LogP contribution in [0.5, 0.6) is 0 Å². The Morgan fingerprint density at radius 2 is 1.80 bits per heavy atom. The molecule has 1 heterocycles. The highest BCUT2D eigenvalue weighted by Gasteiger charge is 2.09. The standard InChI is InChI=1S/C12H13BrN2/c1-6-8(3)15-12-7(2)10(13)5-4-9(12)11(6)14/h4-5H,1-3H3,(H2,14,15). The predicted molar refractivity (Wildman–Crippen MR) is 68.1 cm³/mol. The van der Waals surface area contributed by atoms with E-state index in [1.165, 1.54) is 0 Å². The highest BCUT2D eigenvalue weighted by atomic mass is 79.9. The lowest BCUT2D eigenvalue weighted by Gasteiger charge is -2.10. The van der Waals surface area contributed by atoms with Crippen LogP contribution in [-0.4, -0.2) is 4.98 Å². The van der Waals surface area contributed by atoms with Gasteiger partial charge in [0.25, 0.3) is 0 Å². The molecule has 1 aromatic carbocycles. The summed E-state index contributed by atoms with van der Waals surface area (Å²) in [5.41, 5.74) is 11.1. The predicted octanol–water partition coefficient (Wildman–Crippen LogP) is 3.50. The highest BCUT2D eigenvalue weighted by Crippen LogP contribution is 2.30. The van der Waals surface area contributed by atoms with Crippen molar-refractivity contribution in [3.8, 4) is 0 Å². The van der Waals surface area contributed by atoms with E-state index in [0.717, 1.165) is 37.9 Å². The van der Waals surface area contributed by atoms with Crippen molar-refractivity contribution in [1.29, 1.82) is 0 Å². The lowest BCUT2D eigenvalue weighted by atomic mass is 10.1. The Balaban J connectivity index is 2.98. The molecule has 0 amide bonds. The van der Waals surface area contributed by atoms with Crippen LogP contribution in [0.1, 0.15) is 16.8 Å². The van der Waals surface area contributed by atoms with Crippen LogP contribution in [0.25, 0.3) is 10.9 Å². The molecule has 0 bridgehead atoms. The first-order chi connectivity index (χ1) is 7.02. The minimum absolute atomic E-state index is 0.841. The minimum atomic E-state index is 0.841. The lowest BCUT2D eigenvalue weighted by Crippen LogP contribution is -1.98. The normalized spacial score (nSPS) is 10.9. The van der Waals surface area contributed by atoms with Crippen LogP contribution in [-0.2, 0) is 0 Å². The van der Waals surface area contributed by atoms with Crippen LogP contribution in [0.4, 0.5) is 5.69 Å². The van der Waals surface area contributed by atoms with Gasteiger partial charge in [-0.15, -0.1) is 0 Å². The first-order valence-corrected chi connectivity index (χ1v) is 5.63. The zero-order chi connectivity index (χ0) is 11.2. The summed E-state index contributed by atoms with van der Waals surface area (Å²) in [5, 5.41) is 1.04. The number of nitrogens with two attached hydrogens (primary N) is 1. The molecule has 0 radical (unpaired) electrons. The molecule has 0 unspecified atom stereocenters. The van der Waals surface area contributed by atoms with Crippen molar-refractivity contribution in [1.82, 2.24) is 4.98 Å². The largest absolute Gasteiger partial charge is 0.398 e. The van der Waals surface area contributed by atoms with Crippen molar-refractivity contribution < 1.29 is 0 Å². The first kappa shape index (κ1) is 10.4. The number of hydrogen-bond donors (Lipinski definition) is 1. The number of rotatable bonds is 0. The molecule has 0 aliphatic heterocycles. The number of halogens is 1. The number of pyridine rings is 1. The third kappa shape index (κ3) is 1.51. The summed E-state index contributed by atoms with van der Waals surface area (Å²) in [6.45, 7) is 6.05. The van der Waals surface area contributed by atoms with Gasteiger partial charge in [0.05, 0.1) is 5.52 Å². The van der Waals surface area contributed by atoms with Crippen molar-refractivity contribution in [3.63, 3.8) is 0 Å². The molecule has 0 aliphatic rings. The maximum absolute atomic E-state index is 6.08. The van der Waals surface area contributed by atoms with Crippen molar-refractivity contribution in [2.24, 2.45) is 0 Å². The molecule has 0 spiro atoms. The maximum atomic E-state index is 6.08. The fourth-order valence-electron chi connectivity index (χ4n) is 1.69. The van der Waals surface area contributed by atoms with E-state index in [1.54, 1.807) is 0 Å². The molecule has 3 heteroatoms. The Bertz CT molecular complexity index is 547.